The zero-order valence-corrected chi connectivity index (χ0v) is 16.1. The number of nitriles is 1. The lowest BCUT2D eigenvalue weighted by atomic mass is 10.2. The van der Waals surface area contributed by atoms with E-state index < -0.39 is 5.91 Å². The lowest BCUT2D eigenvalue weighted by Gasteiger charge is -2.02. The van der Waals surface area contributed by atoms with Crippen molar-refractivity contribution in [1.82, 2.24) is 35.5 Å². The maximum absolute atomic E-state index is 12.4. The van der Waals surface area contributed by atoms with E-state index in [4.69, 9.17) is 0 Å². The Balaban J connectivity index is 1.44. The van der Waals surface area contributed by atoms with Crippen molar-refractivity contribution in [2.75, 3.05) is 0 Å². The molecular formula is C19H14N8OS. The normalized spacial score (nSPS) is 10.5. The van der Waals surface area contributed by atoms with Crippen molar-refractivity contribution in [2.24, 2.45) is 0 Å². The Labute approximate surface area is 169 Å². The van der Waals surface area contributed by atoms with Crippen LogP contribution in [0.2, 0.25) is 0 Å². The van der Waals surface area contributed by atoms with Gasteiger partial charge < -0.3 is 5.32 Å². The first-order chi connectivity index (χ1) is 14.1. The first-order valence-electron chi connectivity index (χ1n) is 8.60. The minimum Gasteiger partial charge on any atom is -0.344 e. The molecule has 1 N–H and O–H groups in total. The van der Waals surface area contributed by atoms with Crippen molar-refractivity contribution in [3.63, 3.8) is 0 Å². The number of aromatic nitrogens is 6. The van der Waals surface area contributed by atoms with Crippen LogP contribution in [0.3, 0.4) is 0 Å². The van der Waals surface area contributed by atoms with Crippen LogP contribution in [0, 0.1) is 18.3 Å². The second-order valence-electron chi connectivity index (χ2n) is 6.03. The molecule has 29 heavy (non-hydrogen) atoms. The molecule has 0 atom stereocenters. The quantitative estimate of drug-likeness (QED) is 0.543. The van der Waals surface area contributed by atoms with Crippen LogP contribution < -0.4 is 5.32 Å². The second-order valence-corrected chi connectivity index (χ2v) is 7.09. The zero-order chi connectivity index (χ0) is 20.2. The fourth-order valence-electron chi connectivity index (χ4n) is 2.57. The molecule has 0 fully saturated rings. The van der Waals surface area contributed by atoms with Gasteiger partial charge in [-0.3, -0.25) is 4.79 Å². The van der Waals surface area contributed by atoms with Gasteiger partial charge in [-0.2, -0.15) is 5.26 Å². The van der Waals surface area contributed by atoms with E-state index in [-0.39, 0.29) is 17.9 Å². The fourth-order valence-corrected chi connectivity index (χ4v) is 3.36. The lowest BCUT2D eigenvalue weighted by Crippen LogP contribution is -2.23. The molecule has 3 heterocycles. The Morgan fingerprint density at radius 2 is 2.00 bits per heavy atom. The summed E-state index contributed by atoms with van der Waals surface area (Å²) < 4.78 is 1.36. The summed E-state index contributed by atoms with van der Waals surface area (Å²) >= 11 is 1.41. The number of rotatable bonds is 5. The minimum absolute atomic E-state index is 0.127. The molecule has 142 valence electrons. The fraction of sp³-hybridized carbons (Fsp3) is 0.105. The Morgan fingerprint density at radius 3 is 2.79 bits per heavy atom. The number of nitrogens with one attached hydrogen (secondary N) is 1. The Kier molecular flexibility index (Phi) is 5.05. The molecule has 0 bridgehead atoms. The van der Waals surface area contributed by atoms with Crippen molar-refractivity contribution >= 4 is 17.2 Å². The van der Waals surface area contributed by atoms with Gasteiger partial charge in [0.2, 0.25) is 0 Å². The third-order valence-corrected chi connectivity index (χ3v) is 4.95. The number of nitrogens with zero attached hydrogens (tertiary/aromatic N) is 7. The smallest absolute Gasteiger partial charge is 0.273 e. The van der Waals surface area contributed by atoms with E-state index in [2.05, 4.69) is 30.8 Å². The third kappa shape index (κ3) is 3.99. The summed E-state index contributed by atoms with van der Waals surface area (Å²) in [6.45, 7) is 2.02. The van der Waals surface area contributed by atoms with Crippen LogP contribution in [0.4, 0.5) is 0 Å². The van der Waals surface area contributed by atoms with Crippen LogP contribution >= 0.6 is 11.3 Å². The summed E-state index contributed by atoms with van der Waals surface area (Å²) in [4.78, 5) is 16.6. The second kappa shape index (κ2) is 7.95. The molecule has 10 heteroatoms. The molecular weight excluding hydrogens is 388 g/mol. The van der Waals surface area contributed by atoms with Gasteiger partial charge in [0, 0.05) is 11.3 Å². The van der Waals surface area contributed by atoms with Gasteiger partial charge in [-0.05, 0) is 19.1 Å². The number of pyridine rings is 1. The molecule has 1 aromatic carbocycles. The predicted molar refractivity (Wildman–Crippen MR) is 105 cm³/mol. The van der Waals surface area contributed by atoms with E-state index in [9.17, 15) is 10.1 Å². The number of carbonyl (C=O) groups excluding carboxylic acids is 1. The summed E-state index contributed by atoms with van der Waals surface area (Å²) in [6.07, 6.45) is 1.46. The van der Waals surface area contributed by atoms with Gasteiger partial charge >= 0.3 is 0 Å². The molecule has 0 spiro atoms. The maximum atomic E-state index is 12.4. The highest BCUT2D eigenvalue weighted by atomic mass is 32.1. The molecule has 9 nitrogen and oxygen atoms in total. The summed E-state index contributed by atoms with van der Waals surface area (Å²) in [5.41, 5.74) is 2.49. The summed E-state index contributed by atoms with van der Waals surface area (Å²) in [6, 6.07) is 15.2. The molecule has 4 aromatic rings. The molecule has 3 aromatic heterocycles. The van der Waals surface area contributed by atoms with Gasteiger partial charge in [-0.1, -0.05) is 46.9 Å². The van der Waals surface area contributed by atoms with E-state index >= 15 is 0 Å². The highest BCUT2D eigenvalue weighted by molar-refractivity contribution is 7.14. The Hall–Kier alpha value is -3.97. The lowest BCUT2D eigenvalue weighted by molar-refractivity contribution is 0.0945. The first-order valence-corrected chi connectivity index (χ1v) is 9.42. The van der Waals surface area contributed by atoms with Crippen LogP contribution in [0.1, 0.15) is 26.9 Å². The third-order valence-electron chi connectivity index (χ3n) is 3.98. The highest BCUT2D eigenvalue weighted by Gasteiger charge is 2.15. The molecule has 0 aliphatic heterocycles. The zero-order valence-electron chi connectivity index (χ0n) is 15.3. The number of amides is 1. The number of aryl methyl sites for hydroxylation is 1. The van der Waals surface area contributed by atoms with Crippen LogP contribution in [0.25, 0.3) is 16.3 Å². The SMILES string of the molecule is Cc1ccc(-n2cc(C(=O)NCc3nnc(-c4ccccc4)s3)nn2)c(C#N)n1. The van der Waals surface area contributed by atoms with Crippen molar-refractivity contribution in [2.45, 2.75) is 13.5 Å². The van der Waals surface area contributed by atoms with Crippen LogP contribution in [-0.2, 0) is 6.54 Å². The number of hydrogen-bond acceptors (Lipinski definition) is 8. The number of hydrogen-bond donors (Lipinski definition) is 1. The molecule has 0 aliphatic carbocycles. The maximum Gasteiger partial charge on any atom is 0.273 e. The molecule has 0 saturated heterocycles. The predicted octanol–water partition coefficient (Wildman–Crippen LogP) is 2.29. The van der Waals surface area contributed by atoms with E-state index in [1.165, 1.54) is 22.2 Å². The minimum atomic E-state index is -0.397. The summed E-state index contributed by atoms with van der Waals surface area (Å²) in [5, 5.41) is 29.6. The van der Waals surface area contributed by atoms with Crippen LogP contribution in [0.15, 0.2) is 48.7 Å². The molecule has 4 rings (SSSR count). The standard InChI is InChI=1S/C19H14N8OS/c1-12-7-8-16(14(9-20)22-12)27-11-15(23-26-27)18(28)21-10-17-24-25-19(29-17)13-5-3-2-4-6-13/h2-8,11H,10H2,1H3,(H,21,28). The van der Waals surface area contributed by atoms with Gasteiger partial charge in [0.05, 0.1) is 12.7 Å². The molecule has 0 aliphatic rings. The van der Waals surface area contributed by atoms with E-state index in [1.54, 1.807) is 19.1 Å². The molecule has 0 radical (unpaired) electrons. The van der Waals surface area contributed by atoms with Crippen molar-refractivity contribution < 1.29 is 4.79 Å². The Morgan fingerprint density at radius 1 is 1.17 bits per heavy atom. The Bertz CT molecular complexity index is 1210. The topological polar surface area (TPSA) is 122 Å². The highest BCUT2D eigenvalue weighted by Crippen LogP contribution is 2.22. The van der Waals surface area contributed by atoms with Crippen LogP contribution in [0.5, 0.6) is 0 Å². The molecule has 0 unspecified atom stereocenters. The van der Waals surface area contributed by atoms with Crippen molar-refractivity contribution in [3.8, 4) is 22.3 Å². The van der Waals surface area contributed by atoms with E-state index in [1.807, 2.05) is 36.4 Å². The van der Waals surface area contributed by atoms with Gasteiger partial charge in [0.1, 0.15) is 21.8 Å². The summed E-state index contributed by atoms with van der Waals surface area (Å²) in [7, 11) is 0. The first kappa shape index (κ1) is 18.4. The van der Waals surface area contributed by atoms with Gasteiger partial charge in [0.25, 0.3) is 5.91 Å². The average molecular weight is 402 g/mol. The summed E-state index contributed by atoms with van der Waals surface area (Å²) in [5.74, 6) is -0.397. The monoisotopic (exact) mass is 402 g/mol. The van der Waals surface area contributed by atoms with Crippen molar-refractivity contribution in [1.29, 1.82) is 5.26 Å². The van der Waals surface area contributed by atoms with Crippen molar-refractivity contribution in [3.05, 3.63) is 70.8 Å². The average Bonchev–Trinajstić information content (AvgIpc) is 3.42. The van der Waals surface area contributed by atoms with Gasteiger partial charge in [0.15, 0.2) is 11.4 Å². The molecule has 1 amide bonds. The van der Waals surface area contributed by atoms with E-state index in [0.717, 1.165) is 16.3 Å². The van der Waals surface area contributed by atoms with Gasteiger partial charge in [-0.25, -0.2) is 9.67 Å². The molecule has 0 saturated carbocycles. The number of carbonyl (C=O) groups is 1. The largest absolute Gasteiger partial charge is 0.344 e. The van der Waals surface area contributed by atoms with Gasteiger partial charge in [-0.15, -0.1) is 15.3 Å². The van der Waals surface area contributed by atoms with Crippen LogP contribution in [-0.4, -0.2) is 36.1 Å². The number of benzene rings is 1. The van der Waals surface area contributed by atoms with E-state index in [0.29, 0.717) is 10.7 Å².